The van der Waals surface area contributed by atoms with Gasteiger partial charge in [0.1, 0.15) is 5.78 Å². The van der Waals surface area contributed by atoms with Crippen LogP contribution >= 0.6 is 0 Å². The van der Waals surface area contributed by atoms with E-state index in [9.17, 15) is 14.9 Å². The third-order valence-corrected chi connectivity index (χ3v) is 2.81. The van der Waals surface area contributed by atoms with E-state index in [0.29, 0.717) is 6.42 Å². The number of benzene rings is 1. The summed E-state index contributed by atoms with van der Waals surface area (Å²) in [4.78, 5) is 21.5. The van der Waals surface area contributed by atoms with Crippen molar-refractivity contribution in [2.75, 3.05) is 0 Å². The van der Waals surface area contributed by atoms with Crippen molar-refractivity contribution in [3.05, 3.63) is 39.9 Å². The Morgan fingerprint density at radius 3 is 2.40 bits per heavy atom. The second-order valence-corrected chi connectivity index (χ2v) is 3.76. The summed E-state index contributed by atoms with van der Waals surface area (Å²) in [6.07, 6.45) is 2.44. The number of rotatable bonds is 2. The van der Waals surface area contributed by atoms with Crippen LogP contribution in [0, 0.1) is 10.1 Å². The Labute approximate surface area is 87.1 Å². The number of hydrogen-bond donors (Lipinski definition) is 0. The van der Waals surface area contributed by atoms with Crippen molar-refractivity contribution >= 4 is 11.5 Å². The average molecular weight is 205 g/mol. The number of non-ortho nitro benzene ring substituents is 1. The molecular weight excluding hydrogens is 194 g/mol. The molecule has 1 aromatic rings. The fourth-order valence-corrected chi connectivity index (χ4v) is 2.00. The fourth-order valence-electron chi connectivity index (χ4n) is 2.00. The number of hydrogen-bond acceptors (Lipinski definition) is 3. The summed E-state index contributed by atoms with van der Waals surface area (Å²) >= 11 is 0. The van der Waals surface area contributed by atoms with E-state index in [-0.39, 0.29) is 17.4 Å². The minimum atomic E-state index is -0.430. The summed E-state index contributed by atoms with van der Waals surface area (Å²) in [5.74, 6) is 0.217. The van der Waals surface area contributed by atoms with Crippen molar-refractivity contribution in [1.29, 1.82) is 0 Å². The van der Waals surface area contributed by atoms with Crippen molar-refractivity contribution in [2.45, 2.75) is 25.2 Å². The number of carbonyl (C=O) groups excluding carboxylic acids is 1. The predicted octanol–water partition coefficient (Wildman–Crippen LogP) is 2.43. The van der Waals surface area contributed by atoms with Gasteiger partial charge in [0.05, 0.1) is 4.92 Å². The highest BCUT2D eigenvalue weighted by atomic mass is 16.6. The Balaban J connectivity index is 2.23. The van der Waals surface area contributed by atoms with E-state index in [1.165, 1.54) is 12.1 Å². The Kier molecular flexibility index (Phi) is 2.49. The van der Waals surface area contributed by atoms with Gasteiger partial charge in [0, 0.05) is 24.5 Å². The molecule has 1 fully saturated rings. The number of carbonyl (C=O) groups is 1. The summed E-state index contributed by atoms with van der Waals surface area (Å²) < 4.78 is 0. The molecule has 0 radical (unpaired) electrons. The normalized spacial score (nSPS) is 20.5. The molecule has 0 heterocycles. The second-order valence-electron chi connectivity index (χ2n) is 3.76. The lowest BCUT2D eigenvalue weighted by Gasteiger charge is -2.06. The molecule has 0 spiro atoms. The van der Waals surface area contributed by atoms with Crippen LogP contribution in [-0.2, 0) is 4.79 Å². The minimum Gasteiger partial charge on any atom is -0.299 e. The Morgan fingerprint density at radius 1 is 1.27 bits per heavy atom. The summed E-state index contributed by atoms with van der Waals surface area (Å²) in [6, 6.07) is 6.29. The zero-order chi connectivity index (χ0) is 10.8. The van der Waals surface area contributed by atoms with E-state index in [1.807, 2.05) is 0 Å². The summed E-state index contributed by atoms with van der Waals surface area (Å²) in [6.45, 7) is 0. The molecule has 1 saturated carbocycles. The minimum absolute atomic E-state index is 0.0363. The lowest BCUT2D eigenvalue weighted by atomic mass is 9.97. The van der Waals surface area contributed by atoms with Gasteiger partial charge in [-0.1, -0.05) is 12.1 Å². The second kappa shape index (κ2) is 3.81. The molecule has 0 aliphatic heterocycles. The van der Waals surface area contributed by atoms with Crippen LogP contribution in [0.3, 0.4) is 0 Å². The molecule has 15 heavy (non-hydrogen) atoms. The van der Waals surface area contributed by atoms with Gasteiger partial charge in [-0.2, -0.15) is 0 Å². The first-order chi connectivity index (χ1) is 7.18. The third kappa shape index (κ3) is 1.88. The summed E-state index contributed by atoms with van der Waals surface area (Å²) in [7, 11) is 0. The van der Waals surface area contributed by atoms with E-state index in [4.69, 9.17) is 0 Å². The molecule has 0 unspecified atom stereocenters. The number of ketones is 1. The maximum Gasteiger partial charge on any atom is 0.269 e. The topological polar surface area (TPSA) is 60.2 Å². The van der Waals surface area contributed by atoms with E-state index in [1.54, 1.807) is 12.1 Å². The van der Waals surface area contributed by atoms with Gasteiger partial charge in [-0.15, -0.1) is 0 Å². The van der Waals surface area contributed by atoms with Crippen LogP contribution in [0.15, 0.2) is 24.3 Å². The number of nitro groups is 1. The van der Waals surface area contributed by atoms with Crippen LogP contribution in [0.25, 0.3) is 0 Å². The van der Waals surface area contributed by atoms with Gasteiger partial charge in [-0.25, -0.2) is 0 Å². The third-order valence-electron chi connectivity index (χ3n) is 2.81. The maximum atomic E-state index is 11.5. The van der Waals surface area contributed by atoms with E-state index >= 15 is 0 Å². The van der Waals surface area contributed by atoms with Crippen molar-refractivity contribution in [3.63, 3.8) is 0 Å². The fraction of sp³-hybridized carbons (Fsp3) is 0.364. The highest BCUT2D eigenvalue weighted by Gasteiger charge is 2.25. The Bertz CT molecular complexity index is 397. The molecule has 1 aliphatic rings. The molecule has 0 amide bonds. The quantitative estimate of drug-likeness (QED) is 0.550. The summed E-state index contributed by atoms with van der Waals surface area (Å²) in [5.41, 5.74) is 0.979. The number of nitro benzene ring substituents is 1. The largest absolute Gasteiger partial charge is 0.299 e. The van der Waals surface area contributed by atoms with Crippen LogP contribution in [0.4, 0.5) is 5.69 Å². The van der Waals surface area contributed by atoms with Crippen LogP contribution in [0.5, 0.6) is 0 Å². The van der Waals surface area contributed by atoms with Crippen LogP contribution < -0.4 is 0 Å². The van der Waals surface area contributed by atoms with Crippen LogP contribution in [0.2, 0.25) is 0 Å². The molecule has 4 nitrogen and oxygen atoms in total. The zero-order valence-corrected chi connectivity index (χ0v) is 8.18. The molecule has 78 valence electrons. The Hall–Kier alpha value is -1.71. The summed E-state index contributed by atoms with van der Waals surface area (Å²) in [5, 5.41) is 10.4. The first kappa shape index (κ1) is 9.83. The lowest BCUT2D eigenvalue weighted by Crippen LogP contribution is -2.03. The van der Waals surface area contributed by atoms with Crippen molar-refractivity contribution < 1.29 is 9.72 Å². The molecule has 0 bridgehead atoms. The molecular formula is C11H11NO3. The molecule has 1 aromatic carbocycles. The molecule has 2 rings (SSSR count). The van der Waals surface area contributed by atoms with Gasteiger partial charge in [-0.05, 0) is 18.4 Å². The highest BCUT2D eigenvalue weighted by molar-refractivity contribution is 5.87. The standard InChI is InChI=1S/C11H11NO3/c13-11-3-1-2-10(11)8-4-6-9(7-5-8)12(14)15/h4-7,10H,1-3H2/t10-/m0/s1. The zero-order valence-electron chi connectivity index (χ0n) is 8.18. The van der Waals surface area contributed by atoms with Gasteiger partial charge >= 0.3 is 0 Å². The Morgan fingerprint density at radius 2 is 1.93 bits per heavy atom. The van der Waals surface area contributed by atoms with Gasteiger partial charge in [0.25, 0.3) is 5.69 Å². The van der Waals surface area contributed by atoms with E-state index in [0.717, 1.165) is 18.4 Å². The molecule has 1 aliphatic carbocycles. The molecule has 0 N–H and O–H groups in total. The number of Topliss-reactive ketones (excluding diaryl/α,β-unsaturated/α-hetero) is 1. The van der Waals surface area contributed by atoms with Crippen molar-refractivity contribution in [2.24, 2.45) is 0 Å². The first-order valence-electron chi connectivity index (χ1n) is 4.95. The van der Waals surface area contributed by atoms with Crippen molar-refractivity contribution in [3.8, 4) is 0 Å². The van der Waals surface area contributed by atoms with E-state index in [2.05, 4.69) is 0 Å². The monoisotopic (exact) mass is 205 g/mol. The van der Waals surface area contributed by atoms with E-state index < -0.39 is 4.92 Å². The first-order valence-corrected chi connectivity index (χ1v) is 4.95. The lowest BCUT2D eigenvalue weighted by molar-refractivity contribution is -0.384. The average Bonchev–Trinajstić information content (AvgIpc) is 2.65. The van der Waals surface area contributed by atoms with Gasteiger partial charge in [0.15, 0.2) is 0 Å². The van der Waals surface area contributed by atoms with Gasteiger partial charge < -0.3 is 0 Å². The van der Waals surface area contributed by atoms with Gasteiger partial charge in [0.2, 0.25) is 0 Å². The smallest absolute Gasteiger partial charge is 0.269 e. The molecule has 1 atom stereocenters. The van der Waals surface area contributed by atoms with Crippen molar-refractivity contribution in [1.82, 2.24) is 0 Å². The van der Waals surface area contributed by atoms with Gasteiger partial charge in [-0.3, -0.25) is 14.9 Å². The van der Waals surface area contributed by atoms with Crippen LogP contribution in [-0.4, -0.2) is 10.7 Å². The highest BCUT2D eigenvalue weighted by Crippen LogP contribution is 2.31. The molecule has 4 heteroatoms. The maximum absolute atomic E-state index is 11.5. The molecule has 0 aromatic heterocycles. The number of nitrogens with zero attached hydrogens (tertiary/aromatic N) is 1. The van der Waals surface area contributed by atoms with Crippen LogP contribution in [0.1, 0.15) is 30.7 Å². The SMILES string of the molecule is O=C1CCC[C@H]1c1ccc([N+](=O)[O-])cc1. The molecule has 0 saturated heterocycles. The predicted molar refractivity (Wildman–Crippen MR) is 54.7 cm³/mol.